The number of ether oxygens (including phenoxy) is 1. The lowest BCUT2D eigenvalue weighted by Gasteiger charge is -2.43. The topological polar surface area (TPSA) is 70.1 Å². The van der Waals surface area contributed by atoms with Crippen molar-refractivity contribution >= 4 is 11.9 Å². The van der Waals surface area contributed by atoms with Crippen molar-refractivity contribution in [3.8, 4) is 0 Å². The first-order valence-corrected chi connectivity index (χ1v) is 8.63. The van der Waals surface area contributed by atoms with Crippen LogP contribution in [0.1, 0.15) is 18.4 Å². The molecule has 1 N–H and O–H groups in total. The molecule has 0 unspecified atom stereocenters. The molecule has 0 spiro atoms. The highest BCUT2D eigenvalue weighted by Gasteiger charge is 2.38. The third-order valence-corrected chi connectivity index (χ3v) is 5.01. The van der Waals surface area contributed by atoms with Gasteiger partial charge in [-0.3, -0.25) is 9.69 Å². The van der Waals surface area contributed by atoms with Crippen molar-refractivity contribution in [1.29, 1.82) is 0 Å². The fraction of sp³-hybridized carbons (Fsp3) is 0.556. The lowest BCUT2D eigenvalue weighted by molar-refractivity contribution is -0.153. The van der Waals surface area contributed by atoms with Gasteiger partial charge in [-0.15, -0.1) is 0 Å². The smallest absolute Gasteiger partial charge is 0.326 e. The molecule has 1 aromatic carbocycles. The number of carbonyl (C=O) groups excluding carboxylic acids is 1. The van der Waals surface area contributed by atoms with Crippen LogP contribution in [0.5, 0.6) is 0 Å². The summed E-state index contributed by atoms with van der Waals surface area (Å²) in [5.41, 5.74) is 0.686. The lowest BCUT2D eigenvalue weighted by Crippen LogP contribution is -2.56. The van der Waals surface area contributed by atoms with E-state index in [0.29, 0.717) is 31.7 Å². The van der Waals surface area contributed by atoms with E-state index < -0.39 is 12.0 Å². The Morgan fingerprint density at radius 3 is 2.48 bits per heavy atom. The number of carboxylic acids is 1. The maximum atomic E-state index is 13.0. The second kappa shape index (κ2) is 7.93. The second-order valence-corrected chi connectivity index (χ2v) is 6.57. The summed E-state index contributed by atoms with van der Waals surface area (Å²) >= 11 is 0. The van der Waals surface area contributed by atoms with Crippen molar-refractivity contribution in [2.45, 2.75) is 31.3 Å². The fourth-order valence-corrected chi connectivity index (χ4v) is 3.63. The zero-order valence-electron chi connectivity index (χ0n) is 14.1. The van der Waals surface area contributed by atoms with Crippen molar-refractivity contribution in [3.63, 3.8) is 0 Å². The Hall–Kier alpha value is -1.99. The number of morpholine rings is 1. The molecule has 3 rings (SSSR count). The van der Waals surface area contributed by atoms with Crippen molar-refractivity contribution < 1.29 is 23.8 Å². The summed E-state index contributed by atoms with van der Waals surface area (Å²) in [5, 5.41) is 9.59. The molecule has 0 bridgehead atoms. The number of carbonyl (C=O) groups is 2. The Kier molecular flexibility index (Phi) is 5.65. The molecule has 136 valence electrons. The molecule has 6 nitrogen and oxygen atoms in total. The average Bonchev–Trinajstić information content (AvgIpc) is 2.63. The molecule has 0 radical (unpaired) electrons. The van der Waals surface area contributed by atoms with Crippen LogP contribution in [0.3, 0.4) is 0 Å². The van der Waals surface area contributed by atoms with Gasteiger partial charge < -0.3 is 14.7 Å². The van der Waals surface area contributed by atoms with Crippen molar-refractivity contribution in [3.05, 3.63) is 35.6 Å². The van der Waals surface area contributed by atoms with Gasteiger partial charge in [0.05, 0.1) is 19.6 Å². The lowest BCUT2D eigenvalue weighted by atomic mass is 9.94. The van der Waals surface area contributed by atoms with E-state index in [-0.39, 0.29) is 24.2 Å². The van der Waals surface area contributed by atoms with Gasteiger partial charge in [0.15, 0.2) is 0 Å². The minimum atomic E-state index is -0.967. The number of benzene rings is 1. The van der Waals surface area contributed by atoms with E-state index in [1.807, 2.05) is 0 Å². The standard InChI is InChI=1S/C18H23FN2O4/c19-14-3-1-13(2-4-14)11-17(22)21-6-5-15(12-16(21)18(23)24)20-7-9-25-10-8-20/h1-4,15-16H,5-12H2,(H,23,24)/t15-,16-/m1/s1. The van der Waals surface area contributed by atoms with Crippen LogP contribution < -0.4 is 0 Å². The van der Waals surface area contributed by atoms with Gasteiger partial charge in [0.1, 0.15) is 11.9 Å². The Labute approximate surface area is 146 Å². The number of rotatable bonds is 4. The van der Waals surface area contributed by atoms with E-state index in [2.05, 4.69) is 4.90 Å². The molecular weight excluding hydrogens is 327 g/mol. The van der Waals surface area contributed by atoms with Crippen LogP contribution in [0, 0.1) is 5.82 Å². The van der Waals surface area contributed by atoms with Gasteiger partial charge in [-0.2, -0.15) is 0 Å². The largest absolute Gasteiger partial charge is 0.480 e. The zero-order valence-corrected chi connectivity index (χ0v) is 14.1. The first-order valence-electron chi connectivity index (χ1n) is 8.63. The molecule has 7 heteroatoms. The molecule has 2 saturated heterocycles. The van der Waals surface area contributed by atoms with Gasteiger partial charge >= 0.3 is 5.97 Å². The Bertz CT molecular complexity index is 616. The SMILES string of the molecule is O=C(O)[C@H]1C[C@H](N2CCOCC2)CCN1C(=O)Cc1ccc(F)cc1. The average molecular weight is 350 g/mol. The summed E-state index contributed by atoms with van der Waals surface area (Å²) < 4.78 is 18.3. The first-order chi connectivity index (χ1) is 12.0. The van der Waals surface area contributed by atoms with Crippen LogP contribution in [-0.2, 0) is 20.7 Å². The van der Waals surface area contributed by atoms with E-state index in [1.54, 1.807) is 12.1 Å². The number of likely N-dealkylation sites (tertiary alicyclic amines) is 1. The normalized spacial score (nSPS) is 24.9. The minimum absolute atomic E-state index is 0.0896. The summed E-state index contributed by atoms with van der Waals surface area (Å²) in [5.74, 6) is -1.55. The Morgan fingerprint density at radius 1 is 1.16 bits per heavy atom. The van der Waals surface area contributed by atoms with Crippen LogP contribution in [0.25, 0.3) is 0 Å². The quantitative estimate of drug-likeness (QED) is 0.882. The molecule has 2 aliphatic heterocycles. The van der Waals surface area contributed by atoms with E-state index in [1.165, 1.54) is 17.0 Å². The monoisotopic (exact) mass is 350 g/mol. The van der Waals surface area contributed by atoms with E-state index >= 15 is 0 Å². The molecule has 2 aliphatic rings. The molecule has 2 heterocycles. The number of hydrogen-bond acceptors (Lipinski definition) is 4. The summed E-state index contributed by atoms with van der Waals surface area (Å²) in [4.78, 5) is 28.0. The summed E-state index contributed by atoms with van der Waals surface area (Å²) in [7, 11) is 0. The number of piperidine rings is 1. The number of carboxylic acid groups (broad SMARTS) is 1. The van der Waals surface area contributed by atoms with Crippen LogP contribution in [0.15, 0.2) is 24.3 Å². The molecule has 2 atom stereocenters. The Balaban J connectivity index is 1.65. The highest BCUT2D eigenvalue weighted by atomic mass is 19.1. The fourth-order valence-electron chi connectivity index (χ4n) is 3.63. The van der Waals surface area contributed by atoms with Gasteiger partial charge in [0, 0.05) is 25.7 Å². The molecular formula is C18H23FN2O4. The molecule has 0 aliphatic carbocycles. The summed E-state index contributed by atoms with van der Waals surface area (Å²) in [6, 6.07) is 5.09. The number of aliphatic carboxylic acids is 1. The maximum absolute atomic E-state index is 13.0. The van der Waals surface area contributed by atoms with E-state index in [9.17, 15) is 19.1 Å². The number of halogens is 1. The predicted molar refractivity (Wildman–Crippen MR) is 88.7 cm³/mol. The van der Waals surface area contributed by atoms with Gasteiger partial charge in [-0.05, 0) is 30.5 Å². The van der Waals surface area contributed by atoms with Crippen LogP contribution >= 0.6 is 0 Å². The number of hydrogen-bond donors (Lipinski definition) is 1. The summed E-state index contributed by atoms with van der Waals surface area (Å²) in [6.45, 7) is 3.38. The highest BCUT2D eigenvalue weighted by Crippen LogP contribution is 2.24. The first kappa shape index (κ1) is 17.8. The third kappa shape index (κ3) is 4.35. The second-order valence-electron chi connectivity index (χ2n) is 6.57. The van der Waals surface area contributed by atoms with Gasteiger partial charge in [-0.1, -0.05) is 12.1 Å². The third-order valence-electron chi connectivity index (χ3n) is 5.01. The van der Waals surface area contributed by atoms with Gasteiger partial charge in [0.25, 0.3) is 0 Å². The van der Waals surface area contributed by atoms with Crippen molar-refractivity contribution in [1.82, 2.24) is 9.80 Å². The summed E-state index contributed by atoms with van der Waals surface area (Å²) in [6.07, 6.45) is 1.29. The van der Waals surface area contributed by atoms with Crippen LogP contribution in [-0.4, -0.2) is 71.7 Å². The zero-order chi connectivity index (χ0) is 17.8. The molecule has 1 aromatic rings. The van der Waals surface area contributed by atoms with Crippen molar-refractivity contribution in [2.75, 3.05) is 32.8 Å². The van der Waals surface area contributed by atoms with E-state index in [4.69, 9.17) is 4.74 Å². The molecule has 0 aromatic heterocycles. The highest BCUT2D eigenvalue weighted by molar-refractivity contribution is 5.85. The Morgan fingerprint density at radius 2 is 1.84 bits per heavy atom. The molecule has 2 fully saturated rings. The molecule has 1 amide bonds. The van der Waals surface area contributed by atoms with Gasteiger partial charge in [-0.25, -0.2) is 9.18 Å². The van der Waals surface area contributed by atoms with Crippen LogP contribution in [0.2, 0.25) is 0 Å². The minimum Gasteiger partial charge on any atom is -0.480 e. The number of nitrogens with zero attached hydrogens (tertiary/aromatic N) is 2. The maximum Gasteiger partial charge on any atom is 0.326 e. The van der Waals surface area contributed by atoms with E-state index in [0.717, 1.165) is 19.5 Å². The number of amides is 1. The molecule has 25 heavy (non-hydrogen) atoms. The predicted octanol–water partition coefficient (Wildman–Crippen LogP) is 1.14. The van der Waals surface area contributed by atoms with Crippen LogP contribution in [0.4, 0.5) is 4.39 Å². The van der Waals surface area contributed by atoms with Gasteiger partial charge in [0.2, 0.25) is 5.91 Å². The molecule has 0 saturated carbocycles. The van der Waals surface area contributed by atoms with Crippen molar-refractivity contribution in [2.24, 2.45) is 0 Å².